The molecule has 1 aliphatic rings. The Morgan fingerprint density at radius 3 is 2.74 bits per heavy atom. The van der Waals surface area contributed by atoms with Crippen molar-refractivity contribution in [2.75, 3.05) is 0 Å². The number of rotatable bonds is 0. The van der Waals surface area contributed by atoms with Crippen LogP contribution in [-0.4, -0.2) is 4.98 Å². The van der Waals surface area contributed by atoms with Crippen LogP contribution < -0.4 is 0 Å². The molecular weight excluding hydrogens is 230 g/mol. The third-order valence-corrected chi connectivity index (χ3v) is 3.25. The van der Waals surface area contributed by atoms with E-state index in [4.69, 9.17) is 0 Å². The molecule has 0 spiro atoms. The Bertz CT molecular complexity index is 672. The molecule has 1 heterocycles. The van der Waals surface area contributed by atoms with E-state index >= 15 is 0 Å². The minimum atomic E-state index is 0.584. The van der Waals surface area contributed by atoms with Crippen LogP contribution in [0.5, 0.6) is 0 Å². The number of pyridine rings is 1. The van der Waals surface area contributed by atoms with Crippen LogP contribution >= 0.6 is 0 Å². The third kappa shape index (κ3) is 2.74. The highest BCUT2D eigenvalue weighted by Crippen LogP contribution is 2.21. The quantitative estimate of drug-likeness (QED) is 0.645. The van der Waals surface area contributed by atoms with Crippen LogP contribution in [0.1, 0.15) is 29.3 Å². The monoisotopic (exact) mass is 245 g/mol. The van der Waals surface area contributed by atoms with Gasteiger partial charge in [-0.15, -0.1) is 0 Å². The lowest BCUT2D eigenvalue weighted by atomic mass is 9.94. The third-order valence-electron chi connectivity index (χ3n) is 3.25. The molecular formula is C18H15N. The van der Waals surface area contributed by atoms with Crippen molar-refractivity contribution >= 4 is 6.08 Å². The molecule has 2 aromatic rings. The molecule has 1 atom stereocenters. The van der Waals surface area contributed by atoms with Gasteiger partial charge in [0.05, 0.1) is 0 Å². The zero-order valence-corrected chi connectivity index (χ0v) is 10.9. The van der Waals surface area contributed by atoms with Crippen LogP contribution in [0.2, 0.25) is 0 Å². The van der Waals surface area contributed by atoms with Gasteiger partial charge >= 0.3 is 0 Å². The molecule has 0 amide bonds. The fourth-order valence-electron chi connectivity index (χ4n) is 2.20. The van der Waals surface area contributed by atoms with E-state index < -0.39 is 0 Å². The molecule has 19 heavy (non-hydrogen) atoms. The number of benzene rings is 1. The largest absolute Gasteiger partial charge is 0.259 e. The van der Waals surface area contributed by atoms with Crippen molar-refractivity contribution in [2.45, 2.75) is 13.3 Å². The second kappa shape index (κ2) is 5.12. The smallest absolute Gasteiger partial charge is 0.0482 e. The maximum Gasteiger partial charge on any atom is 0.0482 e. The number of fused-ring (bicyclic) bond motifs is 1. The minimum absolute atomic E-state index is 0.584. The molecule has 0 bridgehead atoms. The van der Waals surface area contributed by atoms with E-state index in [2.05, 4.69) is 42.0 Å². The number of hydrogen-bond donors (Lipinski definition) is 0. The summed E-state index contributed by atoms with van der Waals surface area (Å²) in [6, 6.07) is 12.2. The van der Waals surface area contributed by atoms with Gasteiger partial charge in [0.1, 0.15) is 0 Å². The topological polar surface area (TPSA) is 12.9 Å². The van der Waals surface area contributed by atoms with Crippen molar-refractivity contribution in [3.63, 3.8) is 0 Å². The molecule has 0 radical (unpaired) electrons. The summed E-state index contributed by atoms with van der Waals surface area (Å²) in [5.41, 5.74) is 4.39. The first-order valence-corrected chi connectivity index (χ1v) is 6.55. The predicted octanol–water partition coefficient (Wildman–Crippen LogP) is 3.69. The first-order chi connectivity index (χ1) is 9.31. The molecule has 0 fully saturated rings. The lowest BCUT2D eigenvalue weighted by molar-refractivity contribution is 0.699. The highest BCUT2D eigenvalue weighted by molar-refractivity contribution is 5.57. The fraction of sp³-hybridized carbons (Fsp3) is 0.167. The Kier molecular flexibility index (Phi) is 3.16. The van der Waals surface area contributed by atoms with E-state index in [0.717, 1.165) is 17.5 Å². The summed E-state index contributed by atoms with van der Waals surface area (Å²) in [6.07, 6.45) is 7.29. The van der Waals surface area contributed by atoms with Gasteiger partial charge in [-0.25, -0.2) is 0 Å². The van der Waals surface area contributed by atoms with Crippen molar-refractivity contribution in [2.24, 2.45) is 5.92 Å². The van der Waals surface area contributed by atoms with E-state index in [9.17, 15) is 0 Å². The standard InChI is InChI=1S/C18H15N/c1-14-7-10-17-12-16(13-19-18(17)11-14)9-8-15-5-3-2-4-6-15/h2-7,10,12-14H,11H2,1H3. The molecule has 0 N–H and O–H groups in total. The molecule has 1 aromatic carbocycles. The minimum Gasteiger partial charge on any atom is -0.259 e. The van der Waals surface area contributed by atoms with Crippen LogP contribution in [0, 0.1) is 17.8 Å². The van der Waals surface area contributed by atoms with E-state index in [1.165, 1.54) is 11.3 Å². The predicted molar refractivity (Wildman–Crippen MR) is 78.6 cm³/mol. The maximum atomic E-state index is 4.53. The number of nitrogens with zero attached hydrogens (tertiary/aromatic N) is 1. The van der Waals surface area contributed by atoms with Gasteiger partial charge in [0.25, 0.3) is 0 Å². The maximum absolute atomic E-state index is 4.53. The van der Waals surface area contributed by atoms with Crippen LogP contribution in [0.25, 0.3) is 6.08 Å². The van der Waals surface area contributed by atoms with Gasteiger partial charge in [0.2, 0.25) is 0 Å². The summed E-state index contributed by atoms with van der Waals surface area (Å²) in [5.74, 6) is 6.92. The van der Waals surface area contributed by atoms with Crippen molar-refractivity contribution in [3.8, 4) is 11.8 Å². The lowest BCUT2D eigenvalue weighted by Gasteiger charge is -2.14. The first kappa shape index (κ1) is 11.7. The Morgan fingerprint density at radius 2 is 1.89 bits per heavy atom. The Hall–Kier alpha value is -2.33. The SMILES string of the molecule is CC1C=Cc2cc(C#Cc3ccccc3)cnc2C1. The molecule has 3 rings (SSSR count). The van der Waals surface area contributed by atoms with Crippen LogP contribution in [0.15, 0.2) is 48.7 Å². The Labute approximate surface area is 114 Å². The van der Waals surface area contributed by atoms with E-state index in [1.54, 1.807) is 0 Å². The first-order valence-electron chi connectivity index (χ1n) is 6.55. The van der Waals surface area contributed by atoms with Gasteiger partial charge in [-0.1, -0.05) is 49.1 Å². The van der Waals surface area contributed by atoms with Crippen LogP contribution in [0.4, 0.5) is 0 Å². The summed E-state index contributed by atoms with van der Waals surface area (Å²) in [5, 5.41) is 0. The van der Waals surface area contributed by atoms with Crippen molar-refractivity contribution < 1.29 is 0 Å². The summed E-state index contributed by atoms with van der Waals surface area (Å²) in [6.45, 7) is 2.21. The molecule has 0 saturated heterocycles. The summed E-state index contributed by atoms with van der Waals surface area (Å²) in [4.78, 5) is 4.53. The summed E-state index contributed by atoms with van der Waals surface area (Å²) < 4.78 is 0. The molecule has 0 saturated carbocycles. The molecule has 92 valence electrons. The van der Waals surface area contributed by atoms with E-state index in [1.807, 2.05) is 36.5 Å². The van der Waals surface area contributed by atoms with Crippen molar-refractivity contribution in [1.29, 1.82) is 0 Å². The van der Waals surface area contributed by atoms with Gasteiger partial charge in [0.15, 0.2) is 0 Å². The number of aromatic nitrogens is 1. The van der Waals surface area contributed by atoms with Gasteiger partial charge in [-0.2, -0.15) is 0 Å². The zero-order chi connectivity index (χ0) is 13.1. The van der Waals surface area contributed by atoms with Crippen molar-refractivity contribution in [1.82, 2.24) is 4.98 Å². The summed E-state index contributed by atoms with van der Waals surface area (Å²) in [7, 11) is 0. The lowest BCUT2D eigenvalue weighted by Crippen LogP contribution is -2.05. The molecule has 0 aliphatic heterocycles. The average Bonchev–Trinajstić information content (AvgIpc) is 2.46. The highest BCUT2D eigenvalue weighted by Gasteiger charge is 2.10. The Morgan fingerprint density at radius 1 is 1.11 bits per heavy atom. The average molecular weight is 245 g/mol. The normalized spacial score (nSPS) is 16.4. The van der Waals surface area contributed by atoms with Gasteiger partial charge in [-0.05, 0) is 36.1 Å². The van der Waals surface area contributed by atoms with Crippen LogP contribution in [-0.2, 0) is 6.42 Å². The summed E-state index contributed by atoms with van der Waals surface area (Å²) >= 11 is 0. The molecule has 1 heteroatoms. The number of hydrogen-bond acceptors (Lipinski definition) is 1. The zero-order valence-electron chi connectivity index (χ0n) is 10.9. The molecule has 1 nitrogen and oxygen atoms in total. The molecule has 1 unspecified atom stereocenters. The van der Waals surface area contributed by atoms with Crippen molar-refractivity contribution in [3.05, 3.63) is 71.1 Å². The van der Waals surface area contributed by atoms with Crippen LogP contribution in [0.3, 0.4) is 0 Å². The molecule has 1 aliphatic carbocycles. The fourth-order valence-corrected chi connectivity index (χ4v) is 2.20. The van der Waals surface area contributed by atoms with E-state index in [-0.39, 0.29) is 0 Å². The van der Waals surface area contributed by atoms with Gasteiger partial charge in [0, 0.05) is 23.0 Å². The second-order valence-electron chi connectivity index (χ2n) is 4.92. The second-order valence-corrected chi connectivity index (χ2v) is 4.92. The molecule has 1 aromatic heterocycles. The number of allylic oxidation sites excluding steroid dienone is 1. The van der Waals surface area contributed by atoms with Gasteiger partial charge in [-0.3, -0.25) is 4.98 Å². The Balaban J connectivity index is 1.89. The van der Waals surface area contributed by atoms with Gasteiger partial charge < -0.3 is 0 Å². The highest BCUT2D eigenvalue weighted by atomic mass is 14.7. The van der Waals surface area contributed by atoms with E-state index in [0.29, 0.717) is 5.92 Å².